The van der Waals surface area contributed by atoms with Crippen LogP contribution in [0.1, 0.15) is 27.8 Å². The first-order chi connectivity index (χ1) is 17.4. The maximum atomic E-state index is 12.7. The zero-order chi connectivity index (χ0) is 25.7. The Labute approximate surface area is 211 Å². The molecule has 0 saturated heterocycles. The molecular weight excluding hydrogens is 448 g/mol. The van der Waals surface area contributed by atoms with Crippen molar-refractivity contribution in [3.8, 4) is 17.6 Å². The minimum absolute atomic E-state index is 0.00432. The molecule has 0 aliphatic carbocycles. The van der Waals surface area contributed by atoms with Crippen molar-refractivity contribution in [1.82, 2.24) is 0 Å². The number of carbonyl (C=O) groups is 1. The largest absolute Gasteiger partial charge is 0.493 e. The molecule has 0 unspecified atom stereocenters. The van der Waals surface area contributed by atoms with Crippen molar-refractivity contribution in [2.45, 2.75) is 27.4 Å². The molecule has 1 N–H and O–H groups in total. The SMILES string of the molecule is COc1cc(/C=C(\C#N)C(=O)Nc2ccc(C)c(C)c2)ccc1OCc1c(C)ccc2ccccc12. The highest BCUT2D eigenvalue weighted by atomic mass is 16.5. The first-order valence-corrected chi connectivity index (χ1v) is 11.7. The van der Waals surface area contributed by atoms with Gasteiger partial charge in [0.1, 0.15) is 18.2 Å². The minimum Gasteiger partial charge on any atom is -0.493 e. The molecule has 0 atom stereocenters. The highest BCUT2D eigenvalue weighted by molar-refractivity contribution is 6.09. The molecule has 36 heavy (non-hydrogen) atoms. The number of carbonyl (C=O) groups excluding carboxylic acids is 1. The van der Waals surface area contributed by atoms with Crippen molar-refractivity contribution < 1.29 is 14.3 Å². The van der Waals surface area contributed by atoms with Gasteiger partial charge in [0.15, 0.2) is 11.5 Å². The molecule has 4 aromatic carbocycles. The number of methoxy groups -OCH3 is 1. The topological polar surface area (TPSA) is 71.3 Å². The number of nitriles is 1. The van der Waals surface area contributed by atoms with E-state index in [-0.39, 0.29) is 5.57 Å². The van der Waals surface area contributed by atoms with Crippen LogP contribution in [0.2, 0.25) is 0 Å². The fraction of sp³-hybridized carbons (Fsp3) is 0.161. The number of amides is 1. The Bertz CT molecular complexity index is 1510. The molecule has 0 fully saturated rings. The molecule has 0 saturated carbocycles. The summed E-state index contributed by atoms with van der Waals surface area (Å²) in [6, 6.07) is 25.4. The summed E-state index contributed by atoms with van der Waals surface area (Å²) in [7, 11) is 1.57. The van der Waals surface area contributed by atoms with Gasteiger partial charge in [-0.25, -0.2) is 0 Å². The lowest BCUT2D eigenvalue weighted by molar-refractivity contribution is -0.112. The Balaban J connectivity index is 1.54. The second kappa shape index (κ2) is 10.8. The molecule has 0 radical (unpaired) electrons. The second-order valence-corrected chi connectivity index (χ2v) is 8.70. The van der Waals surface area contributed by atoms with Gasteiger partial charge in [-0.05, 0) is 84.1 Å². The number of ether oxygens (including phenoxy) is 2. The third-order valence-electron chi connectivity index (χ3n) is 6.28. The Hall–Kier alpha value is -4.56. The van der Waals surface area contributed by atoms with E-state index in [0.717, 1.165) is 33.0 Å². The highest BCUT2D eigenvalue weighted by Crippen LogP contribution is 2.31. The fourth-order valence-corrected chi connectivity index (χ4v) is 4.01. The van der Waals surface area contributed by atoms with Gasteiger partial charge in [0.25, 0.3) is 5.91 Å². The average Bonchev–Trinajstić information content (AvgIpc) is 2.89. The Kier molecular flexibility index (Phi) is 7.36. The van der Waals surface area contributed by atoms with Crippen LogP contribution in [0.4, 0.5) is 5.69 Å². The van der Waals surface area contributed by atoms with E-state index in [4.69, 9.17) is 9.47 Å². The van der Waals surface area contributed by atoms with Gasteiger partial charge in [-0.1, -0.05) is 48.5 Å². The molecule has 0 aliphatic rings. The number of nitrogens with zero attached hydrogens (tertiary/aromatic N) is 1. The molecule has 0 bridgehead atoms. The maximum absolute atomic E-state index is 12.7. The van der Waals surface area contributed by atoms with Crippen molar-refractivity contribution in [2.24, 2.45) is 0 Å². The van der Waals surface area contributed by atoms with Gasteiger partial charge in [0.2, 0.25) is 0 Å². The van der Waals surface area contributed by atoms with Gasteiger partial charge < -0.3 is 14.8 Å². The van der Waals surface area contributed by atoms with Crippen molar-refractivity contribution in [1.29, 1.82) is 5.26 Å². The lowest BCUT2D eigenvalue weighted by Crippen LogP contribution is -2.13. The maximum Gasteiger partial charge on any atom is 0.266 e. The van der Waals surface area contributed by atoms with Crippen LogP contribution in [0.5, 0.6) is 11.5 Å². The van der Waals surface area contributed by atoms with Crippen LogP contribution in [0.15, 0.2) is 78.4 Å². The fourth-order valence-electron chi connectivity index (χ4n) is 4.01. The molecule has 180 valence electrons. The van der Waals surface area contributed by atoms with Crippen molar-refractivity contribution >= 4 is 28.4 Å². The monoisotopic (exact) mass is 476 g/mol. The first-order valence-electron chi connectivity index (χ1n) is 11.7. The number of rotatable bonds is 7. The molecule has 1 amide bonds. The van der Waals surface area contributed by atoms with E-state index in [1.807, 2.05) is 50.2 Å². The van der Waals surface area contributed by atoms with Crippen molar-refractivity contribution in [2.75, 3.05) is 12.4 Å². The van der Waals surface area contributed by atoms with Crippen LogP contribution in [0.3, 0.4) is 0 Å². The quantitative estimate of drug-likeness (QED) is 0.233. The summed E-state index contributed by atoms with van der Waals surface area (Å²) in [5.41, 5.74) is 5.77. The Morgan fingerprint density at radius 2 is 1.69 bits per heavy atom. The summed E-state index contributed by atoms with van der Waals surface area (Å²) in [5, 5.41) is 14.7. The van der Waals surface area contributed by atoms with Gasteiger partial charge in [0, 0.05) is 11.3 Å². The number of fused-ring (bicyclic) bond motifs is 1. The molecule has 4 aromatic rings. The van der Waals surface area contributed by atoms with E-state index >= 15 is 0 Å². The number of aryl methyl sites for hydroxylation is 3. The number of anilines is 1. The van der Waals surface area contributed by atoms with Crippen LogP contribution in [-0.4, -0.2) is 13.0 Å². The van der Waals surface area contributed by atoms with Crippen LogP contribution in [0.25, 0.3) is 16.8 Å². The molecule has 4 rings (SSSR count). The van der Waals surface area contributed by atoms with Gasteiger partial charge in [-0.3, -0.25) is 4.79 Å². The summed E-state index contributed by atoms with van der Waals surface area (Å²) in [6.45, 7) is 6.44. The third-order valence-corrected chi connectivity index (χ3v) is 6.28. The van der Waals surface area contributed by atoms with E-state index < -0.39 is 5.91 Å². The van der Waals surface area contributed by atoms with Crippen LogP contribution in [-0.2, 0) is 11.4 Å². The molecule has 0 aromatic heterocycles. The molecule has 5 heteroatoms. The highest BCUT2D eigenvalue weighted by Gasteiger charge is 2.13. The van der Waals surface area contributed by atoms with E-state index in [1.54, 1.807) is 25.3 Å². The molecular formula is C31H28N2O3. The van der Waals surface area contributed by atoms with E-state index in [1.165, 1.54) is 6.08 Å². The predicted molar refractivity (Wildman–Crippen MR) is 144 cm³/mol. The van der Waals surface area contributed by atoms with E-state index in [9.17, 15) is 10.1 Å². The van der Waals surface area contributed by atoms with Crippen molar-refractivity contribution in [3.05, 3.63) is 106 Å². The second-order valence-electron chi connectivity index (χ2n) is 8.70. The third kappa shape index (κ3) is 5.39. The number of hydrogen-bond acceptors (Lipinski definition) is 4. The smallest absolute Gasteiger partial charge is 0.266 e. The number of hydrogen-bond donors (Lipinski definition) is 1. The van der Waals surface area contributed by atoms with Crippen LogP contribution in [0, 0.1) is 32.1 Å². The zero-order valence-corrected chi connectivity index (χ0v) is 20.9. The van der Waals surface area contributed by atoms with Gasteiger partial charge in [-0.15, -0.1) is 0 Å². The Morgan fingerprint density at radius 1 is 0.917 bits per heavy atom. The van der Waals surface area contributed by atoms with E-state index in [0.29, 0.717) is 29.4 Å². The Morgan fingerprint density at radius 3 is 2.44 bits per heavy atom. The first kappa shape index (κ1) is 24.6. The van der Waals surface area contributed by atoms with Crippen LogP contribution < -0.4 is 14.8 Å². The van der Waals surface area contributed by atoms with Gasteiger partial charge in [-0.2, -0.15) is 5.26 Å². The summed E-state index contributed by atoms with van der Waals surface area (Å²) < 4.78 is 11.7. The average molecular weight is 477 g/mol. The summed E-state index contributed by atoms with van der Waals surface area (Å²) in [5.74, 6) is 0.639. The lowest BCUT2D eigenvalue weighted by atomic mass is 10.0. The zero-order valence-electron chi connectivity index (χ0n) is 20.9. The molecule has 5 nitrogen and oxygen atoms in total. The van der Waals surface area contributed by atoms with E-state index in [2.05, 4.69) is 36.5 Å². The number of benzene rings is 4. The summed E-state index contributed by atoms with van der Waals surface area (Å²) in [6.07, 6.45) is 1.54. The lowest BCUT2D eigenvalue weighted by Gasteiger charge is -2.14. The standard InChI is InChI=1S/C31H28N2O3/c1-20-10-13-26(15-22(20)3)33-31(34)25(18-32)16-23-11-14-29(30(17-23)35-4)36-19-28-21(2)9-12-24-7-5-6-8-27(24)28/h5-17H,19H2,1-4H3,(H,33,34)/b25-16+. The summed E-state index contributed by atoms with van der Waals surface area (Å²) >= 11 is 0. The molecule has 0 spiro atoms. The minimum atomic E-state index is -0.466. The van der Waals surface area contributed by atoms with Crippen molar-refractivity contribution in [3.63, 3.8) is 0 Å². The van der Waals surface area contributed by atoms with Gasteiger partial charge in [0.05, 0.1) is 7.11 Å². The summed E-state index contributed by atoms with van der Waals surface area (Å²) in [4.78, 5) is 12.7. The number of nitrogens with one attached hydrogen (secondary N) is 1. The normalized spacial score (nSPS) is 11.1. The van der Waals surface area contributed by atoms with Gasteiger partial charge >= 0.3 is 0 Å². The van der Waals surface area contributed by atoms with Crippen LogP contribution >= 0.6 is 0 Å². The predicted octanol–water partition coefficient (Wildman–Crippen LogP) is 6.90. The molecule has 0 aliphatic heterocycles. The molecule has 0 heterocycles.